The van der Waals surface area contributed by atoms with Gasteiger partial charge in [0.2, 0.25) is 5.78 Å². The number of aromatic hydroxyl groups is 1. The van der Waals surface area contributed by atoms with Crippen molar-refractivity contribution in [2.45, 2.75) is 26.8 Å². The number of phenols is 1. The van der Waals surface area contributed by atoms with Crippen LogP contribution in [0.2, 0.25) is 0 Å². The number of phenolic OH excluding ortho intramolecular Hbond substituents is 1. The van der Waals surface area contributed by atoms with Crippen LogP contribution in [0.4, 0.5) is 5.69 Å². The Bertz CT molecular complexity index is 1030. The summed E-state index contributed by atoms with van der Waals surface area (Å²) in [6.07, 6.45) is 0. The Balaban J connectivity index is 1.41. The molecule has 1 aromatic heterocycles. The summed E-state index contributed by atoms with van der Waals surface area (Å²) >= 11 is 0. The Morgan fingerprint density at radius 2 is 1.68 bits per heavy atom. The van der Waals surface area contributed by atoms with Crippen molar-refractivity contribution in [3.63, 3.8) is 0 Å². The second-order valence-electron chi connectivity index (χ2n) is 8.59. The molecule has 162 valence electrons. The average molecular weight is 419 g/mol. The molecule has 0 unspecified atom stereocenters. The average Bonchev–Trinajstić information content (AvgIpc) is 3.09. The summed E-state index contributed by atoms with van der Waals surface area (Å²) in [6, 6.07) is 20.1. The number of hydrogen-bond donors (Lipinski definition) is 2. The lowest BCUT2D eigenvalue weighted by molar-refractivity contribution is -0.892. The summed E-state index contributed by atoms with van der Waals surface area (Å²) < 4.78 is 2.28. The number of aryl methyl sites for hydroxylation is 1. The van der Waals surface area contributed by atoms with E-state index in [9.17, 15) is 9.90 Å². The molecule has 5 heteroatoms. The van der Waals surface area contributed by atoms with Crippen LogP contribution in [0.5, 0.6) is 5.75 Å². The van der Waals surface area contributed by atoms with Gasteiger partial charge in [0.25, 0.3) is 0 Å². The summed E-state index contributed by atoms with van der Waals surface area (Å²) in [5.41, 5.74) is 5.42. The zero-order valence-corrected chi connectivity index (χ0v) is 18.6. The van der Waals surface area contributed by atoms with Crippen molar-refractivity contribution >= 4 is 11.5 Å². The highest BCUT2D eigenvalue weighted by Gasteiger charge is 2.26. The molecule has 0 amide bonds. The Kier molecular flexibility index (Phi) is 6.14. The highest BCUT2D eigenvalue weighted by Crippen LogP contribution is 2.25. The highest BCUT2D eigenvalue weighted by molar-refractivity contribution is 5.98. The number of piperazine rings is 1. The van der Waals surface area contributed by atoms with Crippen LogP contribution < -0.4 is 9.80 Å². The topological polar surface area (TPSA) is 49.9 Å². The number of ketones is 1. The number of anilines is 1. The third kappa shape index (κ3) is 4.52. The van der Waals surface area contributed by atoms with Crippen LogP contribution in [0, 0.1) is 13.8 Å². The molecule has 0 aliphatic carbocycles. The van der Waals surface area contributed by atoms with Crippen molar-refractivity contribution < 1.29 is 14.8 Å². The van der Waals surface area contributed by atoms with E-state index >= 15 is 0 Å². The summed E-state index contributed by atoms with van der Waals surface area (Å²) in [6.45, 7) is 10.6. The van der Waals surface area contributed by atoms with E-state index in [0.717, 1.165) is 48.8 Å². The van der Waals surface area contributed by atoms with E-state index in [1.165, 1.54) is 10.5 Å². The molecule has 0 bridgehead atoms. The first-order valence-electron chi connectivity index (χ1n) is 11.1. The molecule has 0 saturated carbocycles. The lowest BCUT2D eigenvalue weighted by atomic mass is 10.1. The van der Waals surface area contributed by atoms with Gasteiger partial charge in [0.1, 0.15) is 12.3 Å². The number of nitrogens with one attached hydrogen (secondary N) is 1. The first-order valence-corrected chi connectivity index (χ1v) is 11.1. The minimum atomic E-state index is 0.198. The predicted molar refractivity (Wildman–Crippen MR) is 124 cm³/mol. The van der Waals surface area contributed by atoms with E-state index in [2.05, 4.69) is 60.6 Å². The van der Waals surface area contributed by atoms with E-state index in [1.54, 1.807) is 12.1 Å². The van der Waals surface area contributed by atoms with Crippen molar-refractivity contribution in [3.05, 3.63) is 83.2 Å². The largest absolute Gasteiger partial charge is 0.508 e. The smallest absolute Gasteiger partial charge is 0.218 e. The van der Waals surface area contributed by atoms with Crippen LogP contribution in [0.1, 0.15) is 40.3 Å². The number of aromatic nitrogens is 1. The van der Waals surface area contributed by atoms with Gasteiger partial charge in [-0.3, -0.25) is 4.79 Å². The molecular weight excluding hydrogens is 386 g/mol. The molecule has 0 spiro atoms. The summed E-state index contributed by atoms with van der Waals surface area (Å²) in [4.78, 5) is 16.8. The van der Waals surface area contributed by atoms with Gasteiger partial charge in [0, 0.05) is 22.6 Å². The van der Waals surface area contributed by atoms with Crippen molar-refractivity contribution in [1.82, 2.24) is 4.57 Å². The van der Waals surface area contributed by atoms with Crippen molar-refractivity contribution in [3.8, 4) is 5.75 Å². The number of Topliss-reactive ketones (excluding diaryl/α,β-unsaturated/α-hetero) is 1. The minimum absolute atomic E-state index is 0.198. The van der Waals surface area contributed by atoms with Gasteiger partial charge in [0.05, 0.1) is 32.2 Å². The maximum Gasteiger partial charge on any atom is 0.218 e. The number of carbonyl (C=O) groups excluding carboxylic acids is 1. The number of quaternary nitrogens is 1. The normalized spacial score (nSPS) is 15.8. The number of rotatable bonds is 6. The molecule has 31 heavy (non-hydrogen) atoms. The lowest BCUT2D eigenvalue weighted by Gasteiger charge is -2.33. The van der Waals surface area contributed by atoms with Crippen molar-refractivity contribution in [1.29, 1.82) is 0 Å². The van der Waals surface area contributed by atoms with Gasteiger partial charge in [-0.05, 0) is 56.7 Å². The molecule has 0 radical (unpaired) electrons. The molecule has 3 aromatic rings. The second-order valence-corrected chi connectivity index (χ2v) is 8.59. The molecule has 2 aromatic carbocycles. The lowest BCUT2D eigenvalue weighted by Crippen LogP contribution is -3.15. The zero-order chi connectivity index (χ0) is 22.0. The number of hydrogen-bond acceptors (Lipinski definition) is 3. The second kappa shape index (κ2) is 8.98. The van der Waals surface area contributed by atoms with Gasteiger partial charge in [-0.15, -0.1) is 0 Å². The third-order valence-electron chi connectivity index (χ3n) is 6.55. The molecule has 4 rings (SSSR count). The van der Waals surface area contributed by atoms with Crippen molar-refractivity contribution in [2.75, 3.05) is 37.6 Å². The summed E-state index contributed by atoms with van der Waals surface area (Å²) in [5, 5.41) is 9.49. The van der Waals surface area contributed by atoms with Crippen LogP contribution in [0.15, 0.2) is 60.7 Å². The molecule has 2 heterocycles. The standard InChI is InChI=1S/C26H31N3O2/c1-19-17-25(21(3)29(19)20(2)22-7-5-4-6-8-22)26(31)18-27-13-15-28(16-14-27)23-9-11-24(30)12-10-23/h4-12,17,20,30H,13-16,18H2,1-3H3/p+1/t20-/m0/s1. The molecule has 1 aliphatic heterocycles. The van der Waals surface area contributed by atoms with Gasteiger partial charge in [-0.1, -0.05) is 30.3 Å². The number of carbonyl (C=O) groups is 1. The fourth-order valence-corrected chi connectivity index (χ4v) is 4.78. The van der Waals surface area contributed by atoms with E-state index in [-0.39, 0.29) is 17.6 Å². The Morgan fingerprint density at radius 3 is 2.32 bits per heavy atom. The minimum Gasteiger partial charge on any atom is -0.508 e. The van der Waals surface area contributed by atoms with Gasteiger partial charge >= 0.3 is 0 Å². The van der Waals surface area contributed by atoms with Crippen LogP contribution >= 0.6 is 0 Å². The van der Waals surface area contributed by atoms with Crippen LogP contribution in [-0.2, 0) is 0 Å². The summed E-state index contributed by atoms with van der Waals surface area (Å²) in [5.74, 6) is 0.519. The van der Waals surface area contributed by atoms with E-state index in [4.69, 9.17) is 0 Å². The molecule has 1 atom stereocenters. The Labute approximate surface area is 184 Å². The molecule has 2 N–H and O–H groups in total. The third-order valence-corrected chi connectivity index (χ3v) is 6.55. The molecule has 1 fully saturated rings. The fourth-order valence-electron chi connectivity index (χ4n) is 4.78. The van der Waals surface area contributed by atoms with Crippen LogP contribution in [-0.4, -0.2) is 48.2 Å². The monoisotopic (exact) mass is 418 g/mol. The van der Waals surface area contributed by atoms with E-state index in [0.29, 0.717) is 6.54 Å². The summed E-state index contributed by atoms with van der Waals surface area (Å²) in [7, 11) is 0. The molecule has 5 nitrogen and oxygen atoms in total. The molecule has 1 saturated heterocycles. The van der Waals surface area contributed by atoms with Crippen LogP contribution in [0.25, 0.3) is 0 Å². The SMILES string of the molecule is Cc1cc(C(=O)C[NH+]2CCN(c3ccc(O)cc3)CC2)c(C)n1[C@@H](C)c1ccccc1. The predicted octanol–water partition coefficient (Wildman–Crippen LogP) is 3.01. The maximum atomic E-state index is 13.2. The first kappa shape index (κ1) is 21.2. The Hall–Kier alpha value is -3.05. The van der Waals surface area contributed by atoms with Crippen LogP contribution in [0.3, 0.4) is 0 Å². The van der Waals surface area contributed by atoms with Gasteiger partial charge in [-0.25, -0.2) is 0 Å². The number of benzene rings is 2. The van der Waals surface area contributed by atoms with Gasteiger partial charge < -0.3 is 19.5 Å². The van der Waals surface area contributed by atoms with E-state index in [1.807, 2.05) is 18.2 Å². The zero-order valence-electron chi connectivity index (χ0n) is 18.6. The fraction of sp³-hybridized carbons (Fsp3) is 0.346. The van der Waals surface area contributed by atoms with Crippen molar-refractivity contribution in [2.24, 2.45) is 0 Å². The highest BCUT2D eigenvalue weighted by atomic mass is 16.3. The van der Waals surface area contributed by atoms with Gasteiger partial charge in [-0.2, -0.15) is 0 Å². The maximum absolute atomic E-state index is 13.2. The quantitative estimate of drug-likeness (QED) is 0.605. The Morgan fingerprint density at radius 1 is 1.03 bits per heavy atom. The molecule has 1 aliphatic rings. The van der Waals surface area contributed by atoms with E-state index < -0.39 is 0 Å². The molecular formula is C26H32N3O2+. The number of nitrogens with zero attached hydrogens (tertiary/aromatic N) is 2. The van der Waals surface area contributed by atoms with Gasteiger partial charge in [0.15, 0.2) is 0 Å². The first-order chi connectivity index (χ1) is 14.9.